The van der Waals surface area contributed by atoms with Crippen molar-refractivity contribution in [2.45, 2.75) is 25.3 Å². The fraction of sp³-hybridized carbons (Fsp3) is 0.269. The lowest BCUT2D eigenvalue weighted by Gasteiger charge is -2.28. The standard InChI is InChI=1S/C26H28ClN3O4S/c1-18-3-4-19(2)24(15-18)29-35(32,33)25-16-21(7-10-23(25)27)26(31)28-17-20-5-8-22(9-6-20)30-11-13-34-14-12-30/h3-10,15-16,29H,11-14,17H2,1-2H3,(H,28,31). The molecule has 1 aliphatic heterocycles. The number of sulfonamides is 1. The summed E-state index contributed by atoms with van der Waals surface area (Å²) in [6.45, 7) is 7.16. The van der Waals surface area contributed by atoms with Crippen molar-refractivity contribution in [3.05, 3.63) is 87.9 Å². The highest BCUT2D eigenvalue weighted by atomic mass is 35.5. The summed E-state index contributed by atoms with van der Waals surface area (Å²) in [5, 5.41) is 2.89. The summed E-state index contributed by atoms with van der Waals surface area (Å²) in [5.41, 5.74) is 4.44. The molecule has 1 aliphatic rings. The minimum atomic E-state index is -4.00. The summed E-state index contributed by atoms with van der Waals surface area (Å²) in [6, 6.07) is 17.7. The van der Waals surface area contributed by atoms with Crippen LogP contribution < -0.4 is 14.9 Å². The molecular formula is C26H28ClN3O4S. The average molecular weight is 514 g/mol. The van der Waals surface area contributed by atoms with Gasteiger partial charge < -0.3 is 15.0 Å². The maximum atomic E-state index is 13.1. The number of carbonyl (C=O) groups excluding carboxylic acids is 1. The Bertz CT molecular complexity index is 1320. The van der Waals surface area contributed by atoms with Gasteiger partial charge in [0.05, 0.1) is 23.9 Å². The predicted molar refractivity (Wildman–Crippen MR) is 139 cm³/mol. The second-order valence-corrected chi connectivity index (χ2v) is 10.6. The van der Waals surface area contributed by atoms with Crippen molar-refractivity contribution in [1.29, 1.82) is 0 Å². The number of amides is 1. The first-order valence-electron chi connectivity index (χ1n) is 11.3. The predicted octanol–water partition coefficient (Wildman–Crippen LogP) is 4.52. The van der Waals surface area contributed by atoms with Crippen LogP contribution in [-0.2, 0) is 21.3 Å². The lowest BCUT2D eigenvalue weighted by atomic mass is 10.1. The van der Waals surface area contributed by atoms with Gasteiger partial charge in [0.15, 0.2) is 0 Å². The number of carbonyl (C=O) groups is 1. The molecule has 1 heterocycles. The van der Waals surface area contributed by atoms with E-state index in [9.17, 15) is 13.2 Å². The minimum absolute atomic E-state index is 0.0399. The average Bonchev–Trinajstić information content (AvgIpc) is 2.85. The van der Waals surface area contributed by atoms with E-state index in [1.165, 1.54) is 18.2 Å². The van der Waals surface area contributed by atoms with Crippen LogP contribution in [0.25, 0.3) is 0 Å². The van der Waals surface area contributed by atoms with Crippen molar-refractivity contribution in [3.8, 4) is 0 Å². The van der Waals surface area contributed by atoms with Gasteiger partial charge >= 0.3 is 0 Å². The van der Waals surface area contributed by atoms with Crippen molar-refractivity contribution >= 4 is 38.9 Å². The Morgan fingerprint density at radius 2 is 1.71 bits per heavy atom. The Morgan fingerprint density at radius 1 is 1.00 bits per heavy atom. The summed E-state index contributed by atoms with van der Waals surface area (Å²) < 4.78 is 34.1. The molecular weight excluding hydrogens is 486 g/mol. The van der Waals surface area contributed by atoms with E-state index in [2.05, 4.69) is 14.9 Å². The van der Waals surface area contributed by atoms with E-state index in [0.717, 1.165) is 48.7 Å². The van der Waals surface area contributed by atoms with Gasteiger partial charge in [-0.2, -0.15) is 0 Å². The minimum Gasteiger partial charge on any atom is -0.378 e. The Hall–Kier alpha value is -3.07. The lowest BCUT2D eigenvalue weighted by Crippen LogP contribution is -2.36. The second-order valence-electron chi connectivity index (χ2n) is 8.52. The van der Waals surface area contributed by atoms with Gasteiger partial charge in [0.2, 0.25) is 0 Å². The first-order valence-corrected chi connectivity index (χ1v) is 13.2. The molecule has 0 aromatic heterocycles. The number of anilines is 2. The van der Waals surface area contributed by atoms with E-state index >= 15 is 0 Å². The zero-order valence-corrected chi connectivity index (χ0v) is 21.2. The third kappa shape index (κ3) is 6.14. The first kappa shape index (κ1) is 25.0. The molecule has 7 nitrogen and oxygen atoms in total. The molecule has 9 heteroatoms. The van der Waals surface area contributed by atoms with Gasteiger partial charge in [0.1, 0.15) is 4.90 Å². The molecule has 0 unspecified atom stereocenters. The Balaban J connectivity index is 1.45. The summed E-state index contributed by atoms with van der Waals surface area (Å²) in [4.78, 5) is 14.9. The van der Waals surface area contributed by atoms with Crippen molar-refractivity contribution in [2.24, 2.45) is 0 Å². The maximum absolute atomic E-state index is 13.1. The molecule has 0 saturated carbocycles. The summed E-state index contributed by atoms with van der Waals surface area (Å²) >= 11 is 6.21. The van der Waals surface area contributed by atoms with Gasteiger partial charge in [0, 0.05) is 30.9 Å². The highest BCUT2D eigenvalue weighted by molar-refractivity contribution is 7.92. The molecule has 184 valence electrons. The zero-order chi connectivity index (χ0) is 25.0. The number of hydrogen-bond acceptors (Lipinski definition) is 5. The summed E-state index contributed by atoms with van der Waals surface area (Å²) in [7, 11) is -4.00. The van der Waals surface area contributed by atoms with Gasteiger partial charge in [0.25, 0.3) is 15.9 Å². The van der Waals surface area contributed by atoms with E-state index in [1.54, 1.807) is 6.07 Å². The zero-order valence-electron chi connectivity index (χ0n) is 19.7. The molecule has 1 saturated heterocycles. The van der Waals surface area contributed by atoms with Crippen LogP contribution in [0.15, 0.2) is 65.6 Å². The van der Waals surface area contributed by atoms with Gasteiger partial charge in [-0.3, -0.25) is 9.52 Å². The Morgan fingerprint density at radius 3 is 2.43 bits per heavy atom. The SMILES string of the molecule is Cc1ccc(C)c(NS(=O)(=O)c2cc(C(=O)NCc3ccc(N4CCOCC4)cc3)ccc2Cl)c1. The Kier molecular flexibility index (Phi) is 7.64. The van der Waals surface area contributed by atoms with Crippen molar-refractivity contribution in [1.82, 2.24) is 5.32 Å². The largest absolute Gasteiger partial charge is 0.378 e. The molecule has 35 heavy (non-hydrogen) atoms. The molecule has 0 spiro atoms. The van der Waals surface area contributed by atoms with Crippen molar-refractivity contribution in [3.63, 3.8) is 0 Å². The third-order valence-corrected chi connectivity index (χ3v) is 7.73. The molecule has 1 amide bonds. The molecule has 0 bridgehead atoms. The molecule has 0 atom stereocenters. The van der Waals surface area contributed by atoms with Crippen LogP contribution in [0.1, 0.15) is 27.0 Å². The van der Waals surface area contributed by atoms with Crippen molar-refractivity contribution < 1.29 is 17.9 Å². The fourth-order valence-electron chi connectivity index (χ4n) is 3.83. The topological polar surface area (TPSA) is 87.7 Å². The Labute approximate surface area is 211 Å². The van der Waals surface area contributed by atoms with Gasteiger partial charge in [-0.25, -0.2) is 8.42 Å². The smallest absolute Gasteiger partial charge is 0.263 e. The maximum Gasteiger partial charge on any atom is 0.263 e. The van der Waals surface area contributed by atoms with Crippen LogP contribution >= 0.6 is 11.6 Å². The molecule has 4 rings (SSSR count). The monoisotopic (exact) mass is 513 g/mol. The van der Waals surface area contributed by atoms with Crippen LogP contribution in [0.4, 0.5) is 11.4 Å². The molecule has 3 aromatic rings. The van der Waals surface area contributed by atoms with E-state index in [4.69, 9.17) is 16.3 Å². The number of nitrogens with one attached hydrogen (secondary N) is 2. The number of morpholine rings is 1. The van der Waals surface area contributed by atoms with Crippen LogP contribution in [-0.4, -0.2) is 40.6 Å². The number of aryl methyl sites for hydroxylation is 2. The lowest BCUT2D eigenvalue weighted by molar-refractivity contribution is 0.0950. The number of halogens is 1. The van der Waals surface area contributed by atoms with Crippen molar-refractivity contribution in [2.75, 3.05) is 35.9 Å². The van der Waals surface area contributed by atoms with E-state index in [0.29, 0.717) is 12.2 Å². The highest BCUT2D eigenvalue weighted by Gasteiger charge is 2.21. The molecule has 0 radical (unpaired) electrons. The van der Waals surface area contributed by atoms with Gasteiger partial charge in [-0.15, -0.1) is 0 Å². The summed E-state index contributed by atoms with van der Waals surface area (Å²) in [6.07, 6.45) is 0. The number of benzene rings is 3. The fourth-order valence-corrected chi connectivity index (χ4v) is 5.48. The van der Waals surface area contributed by atoms with Crippen LogP contribution in [0.5, 0.6) is 0 Å². The van der Waals surface area contributed by atoms with Crippen LogP contribution in [0.3, 0.4) is 0 Å². The van der Waals surface area contributed by atoms with Gasteiger partial charge in [-0.1, -0.05) is 35.9 Å². The quantitative estimate of drug-likeness (QED) is 0.485. The second kappa shape index (κ2) is 10.7. The number of ether oxygens (including phenoxy) is 1. The molecule has 1 fully saturated rings. The van der Waals surface area contributed by atoms with E-state index in [1.807, 2.05) is 50.2 Å². The summed E-state index contributed by atoms with van der Waals surface area (Å²) in [5.74, 6) is -0.387. The molecule has 3 aromatic carbocycles. The number of rotatable bonds is 7. The number of nitrogens with zero attached hydrogens (tertiary/aromatic N) is 1. The molecule has 0 aliphatic carbocycles. The van der Waals surface area contributed by atoms with Gasteiger partial charge in [-0.05, 0) is 66.9 Å². The third-order valence-electron chi connectivity index (χ3n) is 5.89. The van der Waals surface area contributed by atoms with Crippen LogP contribution in [0.2, 0.25) is 5.02 Å². The van der Waals surface area contributed by atoms with Crippen LogP contribution in [0, 0.1) is 13.8 Å². The molecule has 2 N–H and O–H groups in total. The normalized spacial score (nSPS) is 14.0. The van der Waals surface area contributed by atoms with E-state index in [-0.39, 0.29) is 21.4 Å². The number of hydrogen-bond donors (Lipinski definition) is 2. The van der Waals surface area contributed by atoms with E-state index < -0.39 is 10.0 Å². The highest BCUT2D eigenvalue weighted by Crippen LogP contribution is 2.27. The first-order chi connectivity index (χ1) is 16.7.